The zero-order valence-electron chi connectivity index (χ0n) is 6.34. The van der Waals surface area contributed by atoms with Crippen molar-refractivity contribution in [2.45, 2.75) is 26.2 Å². The number of hydrogen-bond donors (Lipinski definition) is 0. The summed E-state index contributed by atoms with van der Waals surface area (Å²) in [7, 11) is 0. The summed E-state index contributed by atoms with van der Waals surface area (Å²) in [5, 5.41) is 0.885. The van der Waals surface area contributed by atoms with Crippen LogP contribution in [0.5, 0.6) is 0 Å². The van der Waals surface area contributed by atoms with Crippen molar-refractivity contribution in [1.29, 1.82) is 0 Å². The summed E-state index contributed by atoms with van der Waals surface area (Å²) in [5.74, 6) is 0.597. The average Bonchev–Trinajstić information content (AvgIpc) is 2.61. The zero-order valence-corrected chi connectivity index (χ0v) is 7.93. The molecule has 0 radical (unpaired) electrons. The molecule has 1 heterocycles. The van der Waals surface area contributed by atoms with E-state index in [4.69, 9.17) is 9.47 Å². The lowest BCUT2D eigenvalue weighted by Crippen LogP contribution is -2.06. The number of ether oxygens (including phenoxy) is 2. The predicted octanol–water partition coefficient (Wildman–Crippen LogP) is 1.78. The maximum Gasteiger partial charge on any atom is 0.185 e. The largest absolute Gasteiger partial charge is 0.350 e. The Balaban J connectivity index is 1.96. The molecule has 0 aromatic rings. The Hall–Kier alpha value is 0.400. The standard InChI is InChI=1S/C7H13BrO2/c1-5(2)4-9-7-6(3-8)10-7/h5-7H,3-4H2,1-2H3/t6-,7?/m1/s1. The van der Waals surface area contributed by atoms with Gasteiger partial charge in [-0.05, 0) is 5.92 Å². The highest BCUT2D eigenvalue weighted by atomic mass is 79.9. The van der Waals surface area contributed by atoms with Gasteiger partial charge in [0.05, 0.1) is 6.61 Å². The highest BCUT2D eigenvalue weighted by Crippen LogP contribution is 2.25. The highest BCUT2D eigenvalue weighted by molar-refractivity contribution is 9.09. The van der Waals surface area contributed by atoms with E-state index in [0.717, 1.165) is 11.9 Å². The molecule has 0 aromatic heterocycles. The molecule has 1 aliphatic rings. The summed E-state index contributed by atoms with van der Waals surface area (Å²) < 4.78 is 10.5. The van der Waals surface area contributed by atoms with Crippen LogP contribution in [-0.4, -0.2) is 24.3 Å². The second-order valence-electron chi connectivity index (χ2n) is 2.92. The Labute approximate surface area is 70.0 Å². The molecule has 0 spiro atoms. The summed E-state index contributed by atoms with van der Waals surface area (Å²) in [6.07, 6.45) is 0.375. The minimum absolute atomic E-state index is 0.0711. The van der Waals surface area contributed by atoms with Crippen molar-refractivity contribution in [3.05, 3.63) is 0 Å². The minimum atomic E-state index is 0.0711. The van der Waals surface area contributed by atoms with Gasteiger partial charge in [-0.2, -0.15) is 0 Å². The monoisotopic (exact) mass is 208 g/mol. The molecule has 0 aliphatic carbocycles. The third-order valence-corrected chi connectivity index (χ3v) is 1.92. The first-order chi connectivity index (χ1) is 4.74. The maximum atomic E-state index is 5.37. The van der Waals surface area contributed by atoms with E-state index in [1.165, 1.54) is 0 Å². The average molecular weight is 209 g/mol. The van der Waals surface area contributed by atoms with Crippen LogP contribution < -0.4 is 0 Å². The van der Waals surface area contributed by atoms with E-state index < -0.39 is 0 Å². The van der Waals surface area contributed by atoms with E-state index in [0.29, 0.717) is 12.0 Å². The molecule has 0 amide bonds. The van der Waals surface area contributed by atoms with E-state index in [1.807, 2.05) is 0 Å². The van der Waals surface area contributed by atoms with E-state index in [9.17, 15) is 0 Å². The topological polar surface area (TPSA) is 21.8 Å². The van der Waals surface area contributed by atoms with Gasteiger partial charge in [-0.15, -0.1) is 0 Å². The molecular formula is C7H13BrO2. The Bertz CT molecular complexity index is 106. The SMILES string of the molecule is CC(C)COC1O[C@@H]1CBr. The lowest BCUT2D eigenvalue weighted by Gasteiger charge is -2.02. The Morgan fingerprint density at radius 2 is 2.30 bits per heavy atom. The summed E-state index contributed by atoms with van der Waals surface area (Å²) in [6.45, 7) is 5.06. The van der Waals surface area contributed by atoms with Crippen LogP contribution in [0.15, 0.2) is 0 Å². The van der Waals surface area contributed by atoms with Gasteiger partial charge in [0.15, 0.2) is 6.29 Å². The van der Waals surface area contributed by atoms with Crippen molar-refractivity contribution in [2.24, 2.45) is 5.92 Å². The van der Waals surface area contributed by atoms with Crippen LogP contribution in [0.25, 0.3) is 0 Å². The van der Waals surface area contributed by atoms with Crippen molar-refractivity contribution in [2.75, 3.05) is 11.9 Å². The summed E-state index contributed by atoms with van der Waals surface area (Å²) in [4.78, 5) is 0. The molecule has 0 aromatic carbocycles. The third-order valence-electron chi connectivity index (χ3n) is 1.28. The van der Waals surface area contributed by atoms with Gasteiger partial charge in [-0.3, -0.25) is 0 Å². The molecule has 0 N–H and O–H groups in total. The summed E-state index contributed by atoms with van der Waals surface area (Å²) in [6, 6.07) is 0. The first-order valence-electron chi connectivity index (χ1n) is 3.57. The van der Waals surface area contributed by atoms with Crippen LogP contribution in [-0.2, 0) is 9.47 Å². The zero-order chi connectivity index (χ0) is 7.56. The Morgan fingerprint density at radius 1 is 1.60 bits per heavy atom. The lowest BCUT2D eigenvalue weighted by atomic mass is 10.2. The molecule has 2 nitrogen and oxygen atoms in total. The van der Waals surface area contributed by atoms with Gasteiger partial charge < -0.3 is 9.47 Å². The van der Waals surface area contributed by atoms with Gasteiger partial charge in [0.2, 0.25) is 0 Å². The number of halogens is 1. The van der Waals surface area contributed by atoms with E-state index in [2.05, 4.69) is 29.8 Å². The number of hydrogen-bond acceptors (Lipinski definition) is 2. The van der Waals surface area contributed by atoms with Crippen molar-refractivity contribution in [3.63, 3.8) is 0 Å². The van der Waals surface area contributed by atoms with Crippen molar-refractivity contribution in [3.8, 4) is 0 Å². The fourth-order valence-corrected chi connectivity index (χ4v) is 1.13. The van der Waals surface area contributed by atoms with Gasteiger partial charge in [0, 0.05) is 5.33 Å². The predicted molar refractivity (Wildman–Crippen MR) is 43.2 cm³/mol. The quantitative estimate of drug-likeness (QED) is 0.520. The highest BCUT2D eigenvalue weighted by Gasteiger charge is 2.38. The summed E-state index contributed by atoms with van der Waals surface area (Å²) >= 11 is 3.32. The van der Waals surface area contributed by atoms with E-state index >= 15 is 0 Å². The van der Waals surface area contributed by atoms with Gasteiger partial charge in [0.25, 0.3) is 0 Å². The van der Waals surface area contributed by atoms with Crippen LogP contribution >= 0.6 is 15.9 Å². The third kappa shape index (κ3) is 2.56. The molecule has 1 aliphatic heterocycles. The molecule has 10 heavy (non-hydrogen) atoms. The van der Waals surface area contributed by atoms with Crippen LogP contribution in [0, 0.1) is 5.92 Å². The molecule has 1 unspecified atom stereocenters. The van der Waals surface area contributed by atoms with E-state index in [-0.39, 0.29) is 6.29 Å². The van der Waals surface area contributed by atoms with E-state index in [1.54, 1.807) is 0 Å². The molecular weight excluding hydrogens is 196 g/mol. The first-order valence-corrected chi connectivity index (χ1v) is 4.69. The lowest BCUT2D eigenvalue weighted by molar-refractivity contribution is 0.0342. The molecule has 3 heteroatoms. The molecule has 1 fully saturated rings. The Morgan fingerprint density at radius 3 is 2.70 bits per heavy atom. The van der Waals surface area contributed by atoms with Crippen LogP contribution in [0.4, 0.5) is 0 Å². The minimum Gasteiger partial charge on any atom is -0.350 e. The maximum absolute atomic E-state index is 5.37. The van der Waals surface area contributed by atoms with Crippen LogP contribution in [0.2, 0.25) is 0 Å². The molecule has 0 saturated carbocycles. The van der Waals surface area contributed by atoms with Crippen LogP contribution in [0.1, 0.15) is 13.8 Å². The van der Waals surface area contributed by atoms with Gasteiger partial charge in [-0.25, -0.2) is 0 Å². The fraction of sp³-hybridized carbons (Fsp3) is 1.00. The number of epoxide rings is 1. The van der Waals surface area contributed by atoms with Crippen molar-refractivity contribution in [1.82, 2.24) is 0 Å². The summed E-state index contributed by atoms with van der Waals surface area (Å²) in [5.41, 5.74) is 0. The van der Waals surface area contributed by atoms with Gasteiger partial charge >= 0.3 is 0 Å². The number of alkyl halides is 1. The Kier molecular flexibility index (Phi) is 3.14. The molecule has 0 bridgehead atoms. The molecule has 1 rings (SSSR count). The smallest absolute Gasteiger partial charge is 0.185 e. The molecule has 2 atom stereocenters. The van der Waals surface area contributed by atoms with Crippen molar-refractivity contribution >= 4 is 15.9 Å². The normalized spacial score (nSPS) is 31.2. The van der Waals surface area contributed by atoms with Gasteiger partial charge in [-0.1, -0.05) is 29.8 Å². The van der Waals surface area contributed by atoms with Crippen LogP contribution in [0.3, 0.4) is 0 Å². The number of rotatable bonds is 4. The first kappa shape index (κ1) is 8.50. The van der Waals surface area contributed by atoms with Crippen molar-refractivity contribution < 1.29 is 9.47 Å². The second-order valence-corrected chi connectivity index (χ2v) is 3.57. The fourth-order valence-electron chi connectivity index (χ4n) is 0.670. The molecule has 60 valence electrons. The molecule has 1 saturated heterocycles. The second kappa shape index (κ2) is 3.69. The van der Waals surface area contributed by atoms with Gasteiger partial charge in [0.1, 0.15) is 6.10 Å².